The first-order valence-electron chi connectivity index (χ1n) is 3.18. The van der Waals surface area contributed by atoms with Gasteiger partial charge in [-0.15, -0.1) is 0 Å². The van der Waals surface area contributed by atoms with E-state index in [1.165, 1.54) is 0 Å². The Bertz CT molecular complexity index is 307. The molecule has 0 aromatic heterocycles. The first-order valence-corrected chi connectivity index (χ1v) is 4.69. The van der Waals surface area contributed by atoms with Gasteiger partial charge in [-0.1, -0.05) is 0 Å². The number of carboxylic acid groups (broad SMARTS) is 1. The smallest absolute Gasteiger partial charge is 0.305 e. The van der Waals surface area contributed by atoms with E-state index in [0.717, 1.165) is 7.05 Å². The summed E-state index contributed by atoms with van der Waals surface area (Å²) in [7, 11) is -3.52. The van der Waals surface area contributed by atoms with Gasteiger partial charge in [0, 0.05) is 7.05 Å². The molecule has 0 heterocycles. The monoisotopic (exact) mass is 211 g/mol. The number of carbonyl (C=O) groups excluding carboxylic acids is 1. The van der Waals surface area contributed by atoms with Crippen LogP contribution in [0.1, 0.15) is 6.42 Å². The third-order valence-corrected chi connectivity index (χ3v) is 2.36. The molecule has 8 heteroatoms. The van der Waals surface area contributed by atoms with Crippen LogP contribution in [0.4, 0.5) is 0 Å². The molecule has 0 aliphatic heterocycles. The van der Waals surface area contributed by atoms with Crippen LogP contribution in [0, 0.1) is 0 Å². The molecule has 0 fully saturated rings. The summed E-state index contributed by atoms with van der Waals surface area (Å²) in [4.78, 5) is 20.9. The van der Waals surface area contributed by atoms with Gasteiger partial charge in [0.25, 0.3) is 10.1 Å². The van der Waals surface area contributed by atoms with Crippen molar-refractivity contribution < 1.29 is 27.7 Å². The van der Waals surface area contributed by atoms with Crippen molar-refractivity contribution in [2.75, 3.05) is 7.05 Å². The Morgan fingerprint density at radius 2 is 1.92 bits per heavy atom. The second-order valence-electron chi connectivity index (χ2n) is 2.22. The van der Waals surface area contributed by atoms with Crippen LogP contribution in [0.15, 0.2) is 0 Å². The average molecular weight is 211 g/mol. The number of carboxylic acids is 1. The molecule has 0 spiro atoms. The first kappa shape index (κ1) is 11.8. The number of carbonyl (C=O) groups is 2. The van der Waals surface area contributed by atoms with Crippen LogP contribution in [0.3, 0.4) is 0 Å². The highest BCUT2D eigenvalue weighted by Gasteiger charge is 2.32. The third-order valence-electron chi connectivity index (χ3n) is 1.26. The van der Waals surface area contributed by atoms with Gasteiger partial charge in [0.2, 0.25) is 5.91 Å². The zero-order valence-electron chi connectivity index (χ0n) is 6.72. The van der Waals surface area contributed by atoms with Gasteiger partial charge in [-0.25, -0.2) is 0 Å². The molecule has 0 aliphatic rings. The lowest BCUT2D eigenvalue weighted by Gasteiger charge is -2.08. The predicted molar refractivity (Wildman–Crippen MR) is 41.7 cm³/mol. The lowest BCUT2D eigenvalue weighted by Crippen LogP contribution is -2.39. The largest absolute Gasteiger partial charge is 0.481 e. The van der Waals surface area contributed by atoms with Crippen molar-refractivity contribution in [3.05, 3.63) is 0 Å². The second-order valence-corrected chi connectivity index (χ2v) is 3.81. The molecule has 0 radical (unpaired) electrons. The van der Waals surface area contributed by atoms with Crippen LogP contribution in [-0.4, -0.2) is 42.3 Å². The Morgan fingerprint density at radius 3 is 2.15 bits per heavy atom. The van der Waals surface area contributed by atoms with Crippen LogP contribution in [0.2, 0.25) is 0 Å². The van der Waals surface area contributed by atoms with Crippen LogP contribution in [0.5, 0.6) is 0 Å². The molecule has 0 aromatic carbocycles. The zero-order chi connectivity index (χ0) is 10.6. The van der Waals surface area contributed by atoms with Gasteiger partial charge < -0.3 is 10.4 Å². The zero-order valence-corrected chi connectivity index (χ0v) is 7.54. The number of hydrogen-bond acceptors (Lipinski definition) is 4. The molecule has 0 aromatic rings. The summed E-state index contributed by atoms with van der Waals surface area (Å²) in [6.45, 7) is 0. The molecule has 7 nitrogen and oxygen atoms in total. The predicted octanol–water partition coefficient (Wildman–Crippen LogP) is -1.54. The van der Waals surface area contributed by atoms with Crippen molar-refractivity contribution in [1.82, 2.24) is 5.32 Å². The Labute approximate surface area is 74.5 Å². The van der Waals surface area contributed by atoms with E-state index in [4.69, 9.17) is 9.66 Å². The highest BCUT2D eigenvalue weighted by Crippen LogP contribution is 2.04. The summed E-state index contributed by atoms with van der Waals surface area (Å²) in [6.07, 6.45) is -0.960. The second kappa shape index (κ2) is 4.19. The number of rotatable bonds is 4. The van der Waals surface area contributed by atoms with Gasteiger partial charge in [0.05, 0.1) is 6.42 Å². The quantitative estimate of drug-likeness (QED) is 0.485. The van der Waals surface area contributed by atoms with Crippen LogP contribution >= 0.6 is 0 Å². The fourth-order valence-electron chi connectivity index (χ4n) is 0.653. The SMILES string of the molecule is CNC(=O)C(CC(=O)O)S(=O)(=O)O. The van der Waals surface area contributed by atoms with Gasteiger partial charge in [0.15, 0.2) is 5.25 Å². The van der Waals surface area contributed by atoms with Crippen LogP contribution in [0.25, 0.3) is 0 Å². The lowest BCUT2D eigenvalue weighted by molar-refractivity contribution is -0.138. The minimum Gasteiger partial charge on any atom is -0.481 e. The van der Waals surface area contributed by atoms with E-state index in [1.807, 2.05) is 5.32 Å². The molecule has 1 unspecified atom stereocenters. The minimum atomic E-state index is -4.66. The molecule has 76 valence electrons. The van der Waals surface area contributed by atoms with Crippen molar-refractivity contribution in [1.29, 1.82) is 0 Å². The molecule has 0 saturated heterocycles. The molecular weight excluding hydrogens is 202 g/mol. The number of hydrogen-bond donors (Lipinski definition) is 3. The Morgan fingerprint density at radius 1 is 1.46 bits per heavy atom. The van der Waals surface area contributed by atoms with Gasteiger partial charge in [-0.3, -0.25) is 14.1 Å². The maximum Gasteiger partial charge on any atom is 0.305 e. The van der Waals surface area contributed by atoms with Crippen molar-refractivity contribution in [2.24, 2.45) is 0 Å². The number of aliphatic carboxylic acids is 1. The molecule has 0 saturated carbocycles. The standard InChI is InChI=1S/C5H9NO6S/c1-6-5(9)3(2-4(7)8)13(10,11)12/h3H,2H2,1H3,(H,6,9)(H,7,8)(H,10,11,12). The average Bonchev–Trinajstić information content (AvgIpc) is 1.96. The molecule has 0 bridgehead atoms. The van der Waals surface area contributed by atoms with Gasteiger partial charge in [-0.05, 0) is 0 Å². The molecule has 1 amide bonds. The minimum absolute atomic E-state index is 0.960. The van der Waals surface area contributed by atoms with Crippen molar-refractivity contribution in [3.8, 4) is 0 Å². The Hall–Kier alpha value is -1.15. The topological polar surface area (TPSA) is 121 Å². The summed E-state index contributed by atoms with van der Waals surface area (Å²) in [5, 5.41) is 8.22. The highest BCUT2D eigenvalue weighted by atomic mass is 32.2. The highest BCUT2D eigenvalue weighted by molar-refractivity contribution is 7.87. The first-order chi connectivity index (χ1) is 5.79. The lowest BCUT2D eigenvalue weighted by atomic mass is 10.3. The normalized spacial score (nSPS) is 13.4. The van der Waals surface area contributed by atoms with E-state index in [1.54, 1.807) is 0 Å². The maximum absolute atomic E-state index is 10.8. The summed E-state index contributed by atoms with van der Waals surface area (Å²) in [5.74, 6) is -2.53. The fourth-order valence-corrected chi connectivity index (χ4v) is 1.39. The molecule has 13 heavy (non-hydrogen) atoms. The van der Waals surface area contributed by atoms with E-state index in [9.17, 15) is 18.0 Å². The number of nitrogens with one attached hydrogen (secondary N) is 1. The van der Waals surface area contributed by atoms with E-state index >= 15 is 0 Å². The summed E-state index contributed by atoms with van der Waals surface area (Å²) in [6, 6.07) is 0. The van der Waals surface area contributed by atoms with E-state index in [0.29, 0.717) is 0 Å². The Kier molecular flexibility index (Phi) is 3.82. The molecule has 0 aliphatic carbocycles. The van der Waals surface area contributed by atoms with Crippen LogP contribution in [-0.2, 0) is 19.7 Å². The van der Waals surface area contributed by atoms with Gasteiger partial charge >= 0.3 is 5.97 Å². The summed E-state index contributed by atoms with van der Waals surface area (Å²) in [5.41, 5.74) is 0. The van der Waals surface area contributed by atoms with E-state index in [-0.39, 0.29) is 0 Å². The van der Waals surface area contributed by atoms with Crippen LogP contribution < -0.4 is 5.32 Å². The molecular formula is C5H9NO6S. The molecule has 0 rings (SSSR count). The Balaban J connectivity index is 4.77. The maximum atomic E-state index is 10.8. The molecule has 3 N–H and O–H groups in total. The van der Waals surface area contributed by atoms with Gasteiger partial charge in [-0.2, -0.15) is 8.42 Å². The van der Waals surface area contributed by atoms with Crippen molar-refractivity contribution in [3.63, 3.8) is 0 Å². The van der Waals surface area contributed by atoms with Gasteiger partial charge in [0.1, 0.15) is 0 Å². The fraction of sp³-hybridized carbons (Fsp3) is 0.600. The van der Waals surface area contributed by atoms with E-state index < -0.39 is 33.7 Å². The summed E-state index contributed by atoms with van der Waals surface area (Å²) >= 11 is 0. The summed E-state index contributed by atoms with van der Waals surface area (Å²) < 4.78 is 29.5. The van der Waals surface area contributed by atoms with Crippen molar-refractivity contribution >= 4 is 22.0 Å². The van der Waals surface area contributed by atoms with Crippen molar-refractivity contribution in [2.45, 2.75) is 11.7 Å². The van der Waals surface area contributed by atoms with E-state index in [2.05, 4.69) is 0 Å². The number of amides is 1. The third kappa shape index (κ3) is 3.85. The molecule has 1 atom stereocenters.